The van der Waals surface area contributed by atoms with Gasteiger partial charge in [-0.25, -0.2) is 4.79 Å². The Morgan fingerprint density at radius 1 is 1.44 bits per heavy atom. The second-order valence-electron chi connectivity index (χ2n) is 3.00. The van der Waals surface area contributed by atoms with Crippen LogP contribution in [0.25, 0.3) is 0 Å². The lowest BCUT2D eigenvalue weighted by Gasteiger charge is -2.03. The van der Waals surface area contributed by atoms with Crippen LogP contribution >= 0.6 is 0 Å². The summed E-state index contributed by atoms with van der Waals surface area (Å²) in [4.78, 5) is 45.2. The molecule has 1 aromatic rings. The monoisotopic (exact) mass is 227 g/mol. The van der Waals surface area contributed by atoms with E-state index in [-0.39, 0.29) is 18.5 Å². The molecule has 0 fully saturated rings. The fourth-order valence-electron chi connectivity index (χ4n) is 1.07. The minimum Gasteiger partial charge on any atom is -0.481 e. The van der Waals surface area contributed by atoms with Crippen molar-refractivity contribution in [3.8, 4) is 0 Å². The molecule has 0 atom stereocenters. The first kappa shape index (κ1) is 11.7. The van der Waals surface area contributed by atoms with E-state index < -0.39 is 23.1 Å². The zero-order valence-electron chi connectivity index (χ0n) is 8.10. The molecular formula is C8H9N3O5. The van der Waals surface area contributed by atoms with E-state index in [1.807, 2.05) is 4.98 Å². The molecule has 1 aromatic heterocycles. The Balaban J connectivity index is 3.15. The van der Waals surface area contributed by atoms with Gasteiger partial charge < -0.3 is 10.8 Å². The lowest BCUT2D eigenvalue weighted by atomic mass is 10.3. The summed E-state index contributed by atoms with van der Waals surface area (Å²) < 4.78 is 0.912. The molecule has 0 radical (unpaired) electrons. The number of nitrogens with two attached hydrogens (primary N) is 1. The summed E-state index contributed by atoms with van der Waals surface area (Å²) in [6, 6.07) is 0. The SMILES string of the molecule is NC(=O)c1cn(CCC(=O)O)c(=O)[nH]c1=O. The third kappa shape index (κ3) is 2.56. The number of hydrogen-bond acceptors (Lipinski definition) is 4. The number of aliphatic carboxylic acids is 1. The molecule has 1 amide bonds. The van der Waals surface area contributed by atoms with E-state index in [1.165, 1.54) is 0 Å². The van der Waals surface area contributed by atoms with E-state index >= 15 is 0 Å². The van der Waals surface area contributed by atoms with Crippen LogP contribution in [0.5, 0.6) is 0 Å². The summed E-state index contributed by atoms with van der Waals surface area (Å²) in [5.41, 5.74) is 2.85. The molecule has 1 heterocycles. The summed E-state index contributed by atoms with van der Waals surface area (Å²) in [6.45, 7) is -0.148. The van der Waals surface area contributed by atoms with E-state index in [1.54, 1.807) is 0 Å². The minimum atomic E-state index is -1.10. The van der Waals surface area contributed by atoms with Crippen LogP contribution in [0.3, 0.4) is 0 Å². The Bertz CT molecular complexity index is 541. The molecule has 4 N–H and O–H groups in total. The van der Waals surface area contributed by atoms with Crippen molar-refractivity contribution >= 4 is 11.9 Å². The number of carboxylic acids is 1. The summed E-state index contributed by atoms with van der Waals surface area (Å²) >= 11 is 0. The van der Waals surface area contributed by atoms with Crippen molar-refractivity contribution in [2.75, 3.05) is 0 Å². The summed E-state index contributed by atoms with van der Waals surface area (Å²) in [5, 5.41) is 8.42. The van der Waals surface area contributed by atoms with Crippen LogP contribution in [0.1, 0.15) is 16.8 Å². The molecule has 16 heavy (non-hydrogen) atoms. The van der Waals surface area contributed by atoms with Gasteiger partial charge in [-0.05, 0) is 0 Å². The van der Waals surface area contributed by atoms with Crippen molar-refractivity contribution in [2.45, 2.75) is 13.0 Å². The predicted molar refractivity (Wildman–Crippen MR) is 52.1 cm³/mol. The standard InChI is InChI=1S/C8H9N3O5/c9-6(14)4-3-11(2-1-5(12)13)8(16)10-7(4)15/h3H,1-2H2,(H2,9,14)(H,12,13)(H,10,15,16). The molecule has 0 unspecified atom stereocenters. The van der Waals surface area contributed by atoms with E-state index in [2.05, 4.69) is 0 Å². The smallest absolute Gasteiger partial charge is 0.328 e. The van der Waals surface area contributed by atoms with E-state index in [9.17, 15) is 19.2 Å². The number of rotatable bonds is 4. The van der Waals surface area contributed by atoms with Gasteiger partial charge in [0.15, 0.2) is 0 Å². The number of carbonyl (C=O) groups is 2. The molecule has 0 aromatic carbocycles. The number of amides is 1. The maximum absolute atomic E-state index is 11.2. The predicted octanol–water partition coefficient (Wildman–Crippen LogP) is -1.89. The van der Waals surface area contributed by atoms with Crippen molar-refractivity contribution in [3.63, 3.8) is 0 Å². The van der Waals surface area contributed by atoms with Crippen LogP contribution in [0.2, 0.25) is 0 Å². The largest absolute Gasteiger partial charge is 0.481 e. The number of hydrogen-bond donors (Lipinski definition) is 3. The lowest BCUT2D eigenvalue weighted by Crippen LogP contribution is -2.35. The van der Waals surface area contributed by atoms with Gasteiger partial charge in [-0.3, -0.25) is 23.9 Å². The van der Waals surface area contributed by atoms with Gasteiger partial charge in [-0.1, -0.05) is 0 Å². The number of primary amides is 1. The highest BCUT2D eigenvalue weighted by molar-refractivity contribution is 5.91. The quantitative estimate of drug-likeness (QED) is 0.552. The Morgan fingerprint density at radius 3 is 2.56 bits per heavy atom. The summed E-state index contributed by atoms with van der Waals surface area (Å²) in [5.74, 6) is -2.08. The van der Waals surface area contributed by atoms with Gasteiger partial charge in [0.25, 0.3) is 11.5 Å². The van der Waals surface area contributed by atoms with Crippen molar-refractivity contribution in [1.29, 1.82) is 0 Å². The summed E-state index contributed by atoms with van der Waals surface area (Å²) in [7, 11) is 0. The molecule has 1 rings (SSSR count). The number of nitrogens with one attached hydrogen (secondary N) is 1. The van der Waals surface area contributed by atoms with E-state index in [0.717, 1.165) is 10.8 Å². The molecular weight excluding hydrogens is 218 g/mol. The number of carboxylic acid groups (broad SMARTS) is 1. The van der Waals surface area contributed by atoms with Gasteiger partial charge in [0.1, 0.15) is 5.56 Å². The number of nitrogens with zero attached hydrogens (tertiary/aromatic N) is 1. The molecule has 0 aliphatic carbocycles. The van der Waals surface area contributed by atoms with Gasteiger partial charge >= 0.3 is 11.7 Å². The van der Waals surface area contributed by atoms with Crippen LogP contribution in [0.15, 0.2) is 15.8 Å². The molecule has 0 saturated carbocycles. The Hall–Kier alpha value is -2.38. The maximum atomic E-state index is 11.2. The molecule has 8 heteroatoms. The average Bonchev–Trinajstić information content (AvgIpc) is 2.15. The molecule has 0 saturated heterocycles. The fraction of sp³-hybridized carbons (Fsp3) is 0.250. The Labute approximate surface area is 88.3 Å². The zero-order valence-corrected chi connectivity index (χ0v) is 8.10. The molecule has 0 aliphatic rings. The number of aryl methyl sites for hydroxylation is 1. The second kappa shape index (κ2) is 4.43. The van der Waals surface area contributed by atoms with E-state index in [4.69, 9.17) is 10.8 Å². The third-order valence-electron chi connectivity index (χ3n) is 1.84. The lowest BCUT2D eigenvalue weighted by molar-refractivity contribution is -0.137. The minimum absolute atomic E-state index is 0.148. The van der Waals surface area contributed by atoms with E-state index in [0.29, 0.717) is 0 Å². The summed E-state index contributed by atoms with van der Waals surface area (Å²) in [6.07, 6.45) is 0.649. The number of carbonyl (C=O) groups excluding carboxylic acids is 1. The Kier molecular flexibility index (Phi) is 3.24. The molecule has 0 aliphatic heterocycles. The second-order valence-corrected chi connectivity index (χ2v) is 3.00. The van der Waals surface area contributed by atoms with Crippen molar-refractivity contribution in [1.82, 2.24) is 9.55 Å². The van der Waals surface area contributed by atoms with Gasteiger partial charge in [-0.15, -0.1) is 0 Å². The van der Waals surface area contributed by atoms with Crippen LogP contribution in [-0.2, 0) is 11.3 Å². The number of H-pyrrole nitrogens is 1. The highest BCUT2D eigenvalue weighted by atomic mass is 16.4. The zero-order chi connectivity index (χ0) is 12.3. The normalized spacial score (nSPS) is 10.0. The van der Waals surface area contributed by atoms with Crippen molar-refractivity contribution in [2.24, 2.45) is 5.73 Å². The van der Waals surface area contributed by atoms with Crippen molar-refractivity contribution < 1.29 is 14.7 Å². The topological polar surface area (TPSA) is 135 Å². The van der Waals surface area contributed by atoms with Gasteiger partial charge in [0.2, 0.25) is 0 Å². The van der Waals surface area contributed by atoms with Crippen LogP contribution < -0.4 is 17.0 Å². The first-order chi connectivity index (χ1) is 7.41. The van der Waals surface area contributed by atoms with Gasteiger partial charge in [-0.2, -0.15) is 0 Å². The van der Waals surface area contributed by atoms with Crippen LogP contribution in [0.4, 0.5) is 0 Å². The highest BCUT2D eigenvalue weighted by Gasteiger charge is 2.10. The van der Waals surface area contributed by atoms with Crippen LogP contribution in [-0.4, -0.2) is 26.5 Å². The molecule has 0 spiro atoms. The first-order valence-electron chi connectivity index (χ1n) is 4.27. The fourth-order valence-corrected chi connectivity index (χ4v) is 1.07. The molecule has 8 nitrogen and oxygen atoms in total. The maximum Gasteiger partial charge on any atom is 0.328 e. The van der Waals surface area contributed by atoms with Crippen molar-refractivity contribution in [3.05, 3.63) is 32.6 Å². The molecule has 0 bridgehead atoms. The average molecular weight is 227 g/mol. The molecule has 86 valence electrons. The van der Waals surface area contributed by atoms with Gasteiger partial charge in [0, 0.05) is 12.7 Å². The number of aromatic nitrogens is 2. The van der Waals surface area contributed by atoms with Gasteiger partial charge in [0.05, 0.1) is 6.42 Å². The Morgan fingerprint density at radius 2 is 2.06 bits per heavy atom. The first-order valence-corrected chi connectivity index (χ1v) is 4.27. The highest BCUT2D eigenvalue weighted by Crippen LogP contribution is 1.89. The third-order valence-corrected chi connectivity index (χ3v) is 1.84. The number of aromatic amines is 1. The van der Waals surface area contributed by atoms with Crippen LogP contribution in [0, 0.1) is 0 Å².